The van der Waals surface area contributed by atoms with Crippen molar-refractivity contribution in [2.45, 2.75) is 24.3 Å². The first-order valence-corrected chi connectivity index (χ1v) is 9.88. The Hall–Kier alpha value is -2.58. The number of benzene rings is 2. The third kappa shape index (κ3) is 5.45. The molecule has 0 spiro atoms. The molecule has 2 aromatic rings. The van der Waals surface area contributed by atoms with E-state index in [1.165, 1.54) is 19.2 Å². The zero-order valence-corrected chi connectivity index (χ0v) is 16.4. The molecule has 7 nitrogen and oxygen atoms in total. The average molecular weight is 392 g/mol. The van der Waals surface area contributed by atoms with Crippen LogP contribution in [0.5, 0.6) is 11.5 Å². The molecule has 8 heteroatoms. The van der Waals surface area contributed by atoms with Crippen LogP contribution in [0.25, 0.3) is 0 Å². The summed E-state index contributed by atoms with van der Waals surface area (Å²) in [5, 5.41) is 2.86. The van der Waals surface area contributed by atoms with Gasteiger partial charge in [0.25, 0.3) is 0 Å². The lowest BCUT2D eigenvalue weighted by atomic mass is 10.1. The summed E-state index contributed by atoms with van der Waals surface area (Å²) in [6, 6.07) is 11.9. The van der Waals surface area contributed by atoms with Crippen molar-refractivity contribution < 1.29 is 22.7 Å². The molecule has 0 saturated carbocycles. The first-order chi connectivity index (χ1) is 12.9. The van der Waals surface area contributed by atoms with Gasteiger partial charge in [-0.25, -0.2) is 13.1 Å². The molecule has 0 aliphatic rings. The molecule has 0 radical (unpaired) electrons. The van der Waals surface area contributed by atoms with Gasteiger partial charge in [-0.3, -0.25) is 4.79 Å². The van der Waals surface area contributed by atoms with E-state index in [9.17, 15) is 13.2 Å². The number of nitrogens with one attached hydrogen (secondary N) is 2. The average Bonchev–Trinajstić information content (AvgIpc) is 2.70. The molecule has 2 rings (SSSR count). The van der Waals surface area contributed by atoms with Crippen LogP contribution in [0.3, 0.4) is 0 Å². The number of carbonyl (C=O) groups is 1. The van der Waals surface area contributed by atoms with E-state index in [1.807, 2.05) is 18.2 Å². The van der Waals surface area contributed by atoms with Gasteiger partial charge in [-0.15, -0.1) is 0 Å². The second-order valence-corrected chi connectivity index (χ2v) is 7.66. The highest BCUT2D eigenvalue weighted by Gasteiger charge is 2.12. The van der Waals surface area contributed by atoms with Crippen LogP contribution in [-0.4, -0.2) is 35.6 Å². The fourth-order valence-electron chi connectivity index (χ4n) is 2.59. The molecule has 0 aliphatic heterocycles. The third-order valence-corrected chi connectivity index (χ3v) is 5.57. The summed E-state index contributed by atoms with van der Waals surface area (Å²) in [5.74, 6) is 1.18. The number of sulfonamides is 1. The minimum Gasteiger partial charge on any atom is -0.496 e. The number of rotatable bonds is 9. The first-order valence-electron chi connectivity index (χ1n) is 8.40. The molecule has 2 aromatic carbocycles. The third-order valence-electron chi connectivity index (χ3n) is 4.14. The van der Waals surface area contributed by atoms with Crippen LogP contribution < -0.4 is 19.5 Å². The predicted molar refractivity (Wildman–Crippen MR) is 102 cm³/mol. The van der Waals surface area contributed by atoms with E-state index in [-0.39, 0.29) is 17.2 Å². The molecule has 0 aliphatic carbocycles. The van der Waals surface area contributed by atoms with Crippen molar-refractivity contribution in [2.75, 3.05) is 21.3 Å². The van der Waals surface area contributed by atoms with E-state index < -0.39 is 10.0 Å². The largest absolute Gasteiger partial charge is 0.496 e. The Morgan fingerprint density at radius 3 is 2.11 bits per heavy atom. The van der Waals surface area contributed by atoms with Gasteiger partial charge in [0.05, 0.1) is 31.2 Å². The smallest absolute Gasteiger partial charge is 0.240 e. The van der Waals surface area contributed by atoms with Gasteiger partial charge in [0.2, 0.25) is 15.9 Å². The van der Waals surface area contributed by atoms with Crippen molar-refractivity contribution in [3.63, 3.8) is 0 Å². The minimum atomic E-state index is -3.45. The van der Waals surface area contributed by atoms with Crippen molar-refractivity contribution in [3.05, 3.63) is 53.6 Å². The van der Waals surface area contributed by atoms with Crippen LogP contribution in [0, 0.1) is 0 Å². The maximum absolute atomic E-state index is 12.2. The Bertz CT molecular complexity index is 857. The highest BCUT2D eigenvalue weighted by Crippen LogP contribution is 2.27. The van der Waals surface area contributed by atoms with Crippen molar-refractivity contribution in [1.82, 2.24) is 10.0 Å². The van der Waals surface area contributed by atoms with Crippen LogP contribution in [0.1, 0.15) is 17.5 Å². The molecule has 0 saturated heterocycles. The van der Waals surface area contributed by atoms with Gasteiger partial charge in [-0.1, -0.05) is 18.2 Å². The molecule has 0 unspecified atom stereocenters. The molecule has 146 valence electrons. The second kappa shape index (κ2) is 9.38. The summed E-state index contributed by atoms with van der Waals surface area (Å²) in [7, 11) is 1.05. The maximum atomic E-state index is 12.2. The van der Waals surface area contributed by atoms with Crippen LogP contribution in [0.2, 0.25) is 0 Å². The molecular formula is C19H24N2O5S. The van der Waals surface area contributed by atoms with E-state index in [2.05, 4.69) is 10.0 Å². The van der Waals surface area contributed by atoms with Gasteiger partial charge in [-0.2, -0.15) is 0 Å². The molecule has 0 aromatic heterocycles. The number of carbonyl (C=O) groups excluding carboxylic acids is 1. The number of methoxy groups -OCH3 is 2. The second-order valence-electron chi connectivity index (χ2n) is 5.77. The Balaban J connectivity index is 1.92. The van der Waals surface area contributed by atoms with Gasteiger partial charge in [0.1, 0.15) is 11.5 Å². The van der Waals surface area contributed by atoms with E-state index in [0.717, 1.165) is 11.1 Å². The summed E-state index contributed by atoms with van der Waals surface area (Å²) >= 11 is 0. The van der Waals surface area contributed by atoms with Crippen molar-refractivity contribution >= 4 is 15.9 Å². The summed E-state index contributed by atoms with van der Waals surface area (Å²) in [6.45, 7) is 0.297. The van der Waals surface area contributed by atoms with Gasteiger partial charge in [0.15, 0.2) is 0 Å². The van der Waals surface area contributed by atoms with Gasteiger partial charge in [-0.05, 0) is 43.3 Å². The molecule has 0 bridgehead atoms. The molecule has 27 heavy (non-hydrogen) atoms. The number of amides is 1. The summed E-state index contributed by atoms with van der Waals surface area (Å²) in [4.78, 5) is 12.4. The van der Waals surface area contributed by atoms with Gasteiger partial charge in [0, 0.05) is 6.42 Å². The highest BCUT2D eigenvalue weighted by atomic mass is 32.2. The van der Waals surface area contributed by atoms with Crippen LogP contribution in [0.4, 0.5) is 0 Å². The first kappa shape index (κ1) is 20.7. The molecular weight excluding hydrogens is 368 g/mol. The predicted octanol–water partition coefficient (Wildman–Crippen LogP) is 1.86. The molecule has 2 N–H and O–H groups in total. The maximum Gasteiger partial charge on any atom is 0.240 e. The minimum absolute atomic E-state index is 0.116. The standard InChI is InChI=1S/C19H24N2O5S/c1-20-27(23,24)15-10-7-14(8-11-15)9-12-19(22)21-13-16-17(25-2)5-4-6-18(16)26-3/h4-8,10-11,20H,9,12-13H2,1-3H3,(H,21,22). The van der Waals surface area contributed by atoms with E-state index in [0.29, 0.717) is 24.5 Å². The molecule has 0 fully saturated rings. The Kier molecular flexibility index (Phi) is 7.20. The number of hydrogen-bond acceptors (Lipinski definition) is 5. The van der Waals surface area contributed by atoms with E-state index in [1.54, 1.807) is 26.4 Å². The topological polar surface area (TPSA) is 93.7 Å². The van der Waals surface area contributed by atoms with Crippen molar-refractivity contribution in [3.8, 4) is 11.5 Å². The number of ether oxygens (including phenoxy) is 2. The monoisotopic (exact) mass is 392 g/mol. The van der Waals surface area contributed by atoms with Crippen LogP contribution >= 0.6 is 0 Å². The Morgan fingerprint density at radius 2 is 1.59 bits per heavy atom. The van der Waals surface area contributed by atoms with Gasteiger partial charge >= 0.3 is 0 Å². The van der Waals surface area contributed by atoms with Gasteiger partial charge < -0.3 is 14.8 Å². The van der Waals surface area contributed by atoms with Crippen LogP contribution in [0.15, 0.2) is 47.4 Å². The number of hydrogen-bond donors (Lipinski definition) is 2. The lowest BCUT2D eigenvalue weighted by molar-refractivity contribution is -0.121. The van der Waals surface area contributed by atoms with Crippen molar-refractivity contribution in [2.24, 2.45) is 0 Å². The lowest BCUT2D eigenvalue weighted by Gasteiger charge is -2.13. The zero-order valence-electron chi connectivity index (χ0n) is 15.6. The van der Waals surface area contributed by atoms with Crippen LogP contribution in [-0.2, 0) is 27.8 Å². The fourth-order valence-corrected chi connectivity index (χ4v) is 3.32. The number of aryl methyl sites for hydroxylation is 1. The highest BCUT2D eigenvalue weighted by molar-refractivity contribution is 7.89. The van der Waals surface area contributed by atoms with E-state index in [4.69, 9.17) is 9.47 Å². The van der Waals surface area contributed by atoms with E-state index >= 15 is 0 Å². The zero-order chi connectivity index (χ0) is 19.9. The summed E-state index contributed by atoms with van der Waals surface area (Å²) in [5.41, 5.74) is 1.66. The summed E-state index contributed by atoms with van der Waals surface area (Å²) in [6.07, 6.45) is 0.796. The van der Waals surface area contributed by atoms with Crippen molar-refractivity contribution in [1.29, 1.82) is 0 Å². The summed E-state index contributed by atoms with van der Waals surface area (Å²) < 4.78 is 36.3. The lowest BCUT2D eigenvalue weighted by Crippen LogP contribution is -2.23. The molecule has 1 amide bonds. The SMILES string of the molecule is CNS(=O)(=O)c1ccc(CCC(=O)NCc2c(OC)cccc2OC)cc1. The molecule has 0 heterocycles. The quantitative estimate of drug-likeness (QED) is 0.679. The normalized spacial score (nSPS) is 11.1. The molecule has 0 atom stereocenters. The Labute approximate surface area is 159 Å². The fraction of sp³-hybridized carbons (Fsp3) is 0.316. The Morgan fingerprint density at radius 1 is 1.00 bits per heavy atom.